The van der Waals surface area contributed by atoms with E-state index in [2.05, 4.69) is 13.8 Å². The molecule has 5 N–H and O–H groups in total. The molecule has 0 amide bonds. The molecule has 0 radical (unpaired) electrons. The van der Waals surface area contributed by atoms with Gasteiger partial charge in [0.25, 0.3) is 0 Å². The lowest BCUT2D eigenvalue weighted by atomic mass is 9.96. The van der Waals surface area contributed by atoms with Crippen LogP contribution in [0.3, 0.4) is 0 Å². The van der Waals surface area contributed by atoms with E-state index in [1.165, 1.54) is 70.6 Å². The summed E-state index contributed by atoms with van der Waals surface area (Å²) >= 11 is 0. The Morgan fingerprint density at radius 1 is 0.656 bits per heavy atom. The first-order valence-corrected chi connectivity index (χ1v) is 13.0. The molecule has 0 aromatic carbocycles. The second-order valence-electron chi connectivity index (χ2n) is 9.71. The van der Waals surface area contributed by atoms with Crippen molar-refractivity contribution < 1.29 is 35.0 Å². The van der Waals surface area contributed by atoms with E-state index in [0.717, 1.165) is 18.8 Å². The number of ether oxygens (including phenoxy) is 2. The molecule has 1 aliphatic carbocycles. The van der Waals surface area contributed by atoms with Gasteiger partial charge in [0.2, 0.25) is 0 Å². The molecule has 0 aliphatic heterocycles. The third kappa shape index (κ3) is 12.3. The Hall–Kier alpha value is -0.280. The van der Waals surface area contributed by atoms with E-state index in [-0.39, 0.29) is 13.2 Å². The monoisotopic (exact) mass is 462 g/mol. The molecule has 0 heterocycles. The van der Waals surface area contributed by atoms with Crippen molar-refractivity contribution >= 4 is 0 Å². The summed E-state index contributed by atoms with van der Waals surface area (Å²) in [4.78, 5) is 0. The molecule has 1 unspecified atom stereocenters. The lowest BCUT2D eigenvalue weighted by molar-refractivity contribution is -0.113. The van der Waals surface area contributed by atoms with Crippen molar-refractivity contribution in [3.8, 4) is 0 Å². The molecule has 0 bridgehead atoms. The molecule has 1 saturated carbocycles. The van der Waals surface area contributed by atoms with Crippen LogP contribution in [0.5, 0.6) is 0 Å². The summed E-state index contributed by atoms with van der Waals surface area (Å²) in [7, 11) is 0. The van der Waals surface area contributed by atoms with Crippen LogP contribution in [-0.4, -0.2) is 82.0 Å². The zero-order chi connectivity index (χ0) is 23.8. The van der Waals surface area contributed by atoms with E-state index in [1.807, 2.05) is 0 Å². The first-order valence-electron chi connectivity index (χ1n) is 13.0. The number of unbranched alkanes of at least 4 members (excludes halogenated alkanes) is 9. The van der Waals surface area contributed by atoms with Gasteiger partial charge in [0.15, 0.2) is 0 Å². The molecular weight excluding hydrogens is 412 g/mol. The maximum atomic E-state index is 9.91. The summed E-state index contributed by atoms with van der Waals surface area (Å²) in [6, 6.07) is 0. The van der Waals surface area contributed by atoms with Crippen LogP contribution in [-0.2, 0) is 9.47 Å². The molecule has 1 rings (SSSR count). The number of hydrogen-bond acceptors (Lipinski definition) is 7. The minimum Gasteiger partial charge on any atom is -0.388 e. The van der Waals surface area contributed by atoms with Crippen LogP contribution >= 0.6 is 0 Å². The lowest BCUT2D eigenvalue weighted by Crippen LogP contribution is -2.38. The molecular formula is C25H50O7. The van der Waals surface area contributed by atoms with Crippen LogP contribution in [0, 0.1) is 5.92 Å². The lowest BCUT2D eigenvalue weighted by Gasteiger charge is -2.21. The fraction of sp³-hybridized carbons (Fsp3) is 1.00. The summed E-state index contributed by atoms with van der Waals surface area (Å²) in [5, 5.41) is 48.4. The maximum Gasteiger partial charge on any atom is 0.115 e. The topological polar surface area (TPSA) is 120 Å². The van der Waals surface area contributed by atoms with E-state index in [0.29, 0.717) is 6.61 Å². The van der Waals surface area contributed by atoms with Gasteiger partial charge in [0.05, 0.1) is 13.2 Å². The average Bonchev–Trinajstić information content (AvgIpc) is 2.96. The minimum absolute atomic E-state index is 0.112. The number of rotatable bonds is 20. The summed E-state index contributed by atoms with van der Waals surface area (Å²) in [5.41, 5.74) is 0. The smallest absolute Gasteiger partial charge is 0.115 e. The highest BCUT2D eigenvalue weighted by Crippen LogP contribution is 2.24. The second-order valence-corrected chi connectivity index (χ2v) is 9.71. The highest BCUT2D eigenvalue weighted by atomic mass is 16.5. The normalized spacial score (nSPS) is 26.0. The fourth-order valence-electron chi connectivity index (χ4n) is 4.33. The van der Waals surface area contributed by atoms with Gasteiger partial charge in [-0.15, -0.1) is 0 Å². The van der Waals surface area contributed by atoms with E-state index in [9.17, 15) is 25.5 Å². The first kappa shape index (κ1) is 29.8. The maximum absolute atomic E-state index is 9.91. The zero-order valence-electron chi connectivity index (χ0n) is 20.4. The van der Waals surface area contributed by atoms with Crippen molar-refractivity contribution in [2.75, 3.05) is 19.8 Å². The molecule has 32 heavy (non-hydrogen) atoms. The predicted molar refractivity (Wildman–Crippen MR) is 125 cm³/mol. The third-order valence-electron chi connectivity index (χ3n) is 6.55. The molecule has 1 aliphatic rings. The molecule has 7 heteroatoms. The second kappa shape index (κ2) is 18.1. The van der Waals surface area contributed by atoms with Crippen molar-refractivity contribution in [2.24, 2.45) is 5.92 Å². The van der Waals surface area contributed by atoms with Crippen molar-refractivity contribution in [1.82, 2.24) is 0 Å². The quantitative estimate of drug-likeness (QED) is 0.176. The van der Waals surface area contributed by atoms with Gasteiger partial charge in [-0.25, -0.2) is 0 Å². The Balaban J connectivity index is 1.87. The zero-order valence-corrected chi connectivity index (χ0v) is 20.4. The fourth-order valence-corrected chi connectivity index (χ4v) is 4.33. The van der Waals surface area contributed by atoms with Gasteiger partial charge in [-0.1, -0.05) is 90.9 Å². The molecule has 0 saturated heterocycles. The van der Waals surface area contributed by atoms with Crippen LogP contribution in [0.25, 0.3) is 0 Å². The van der Waals surface area contributed by atoms with Crippen molar-refractivity contribution in [3.05, 3.63) is 0 Å². The summed E-state index contributed by atoms with van der Waals surface area (Å²) in [6.07, 6.45) is 9.10. The molecule has 192 valence electrons. The van der Waals surface area contributed by atoms with Crippen LogP contribution in [0.1, 0.15) is 97.3 Å². The van der Waals surface area contributed by atoms with Crippen molar-refractivity contribution in [3.63, 3.8) is 0 Å². The molecule has 7 nitrogen and oxygen atoms in total. The minimum atomic E-state index is -1.45. The molecule has 0 aromatic heterocycles. The molecule has 1 fully saturated rings. The largest absolute Gasteiger partial charge is 0.388 e. The van der Waals surface area contributed by atoms with E-state index >= 15 is 0 Å². The average molecular weight is 463 g/mol. The Kier molecular flexibility index (Phi) is 16.8. The SMILES string of the molecule is CCCCCCC(C)CCCCCCCCCOC[C@H](O)COC1[C@@H](O)[C@H](O)[C@@H](O)[C@@H]1O. The van der Waals surface area contributed by atoms with Crippen molar-refractivity contribution in [2.45, 2.75) is 134 Å². The molecule has 6 atom stereocenters. The van der Waals surface area contributed by atoms with E-state index < -0.39 is 36.6 Å². The Bertz CT molecular complexity index is 423. The summed E-state index contributed by atoms with van der Waals surface area (Å²) in [6.45, 7) is 5.21. The highest BCUT2D eigenvalue weighted by molar-refractivity contribution is 4.99. The summed E-state index contributed by atoms with van der Waals surface area (Å²) in [5.74, 6) is 0.872. The van der Waals surface area contributed by atoms with Crippen LogP contribution in [0.2, 0.25) is 0 Å². The van der Waals surface area contributed by atoms with Crippen molar-refractivity contribution in [1.29, 1.82) is 0 Å². The van der Waals surface area contributed by atoms with Crippen LogP contribution < -0.4 is 0 Å². The van der Waals surface area contributed by atoms with Gasteiger partial charge in [-0.05, 0) is 12.3 Å². The molecule has 0 aromatic rings. The number of aliphatic hydroxyl groups excluding tert-OH is 5. The standard InChI is InChI=1S/C25H50O7/c1-3-4-5-11-14-19(2)15-12-9-7-6-8-10-13-16-31-17-20(26)18-32-25-23(29)21(27)22(28)24(25)30/h19-30H,3-18H2,1-2H3/t19?,20-,21+,22+,23-,24-/m0/s1. The molecule has 0 spiro atoms. The van der Waals surface area contributed by atoms with Crippen LogP contribution in [0.15, 0.2) is 0 Å². The van der Waals surface area contributed by atoms with Gasteiger partial charge in [-0.3, -0.25) is 0 Å². The van der Waals surface area contributed by atoms with Gasteiger partial charge in [0, 0.05) is 6.61 Å². The van der Waals surface area contributed by atoms with E-state index in [1.54, 1.807) is 0 Å². The Morgan fingerprint density at radius 2 is 1.16 bits per heavy atom. The third-order valence-corrected chi connectivity index (χ3v) is 6.55. The predicted octanol–water partition coefficient (Wildman–Crippen LogP) is 2.93. The van der Waals surface area contributed by atoms with Gasteiger partial charge < -0.3 is 35.0 Å². The first-order chi connectivity index (χ1) is 15.4. The highest BCUT2D eigenvalue weighted by Gasteiger charge is 2.49. The number of aliphatic hydroxyl groups is 5. The van der Waals surface area contributed by atoms with Crippen LogP contribution in [0.4, 0.5) is 0 Å². The van der Waals surface area contributed by atoms with Gasteiger partial charge >= 0.3 is 0 Å². The van der Waals surface area contributed by atoms with Gasteiger partial charge in [-0.2, -0.15) is 0 Å². The van der Waals surface area contributed by atoms with E-state index in [4.69, 9.17) is 9.47 Å². The number of hydrogen-bond donors (Lipinski definition) is 5. The Labute approximate surface area is 195 Å². The van der Waals surface area contributed by atoms with Gasteiger partial charge in [0.1, 0.15) is 36.6 Å². The summed E-state index contributed by atoms with van der Waals surface area (Å²) < 4.78 is 10.7. The Morgan fingerprint density at radius 3 is 1.72 bits per heavy atom.